The molecule has 0 fully saturated rings. The second-order valence-corrected chi connectivity index (χ2v) is 5.88. The van der Waals surface area contributed by atoms with Gasteiger partial charge in [0.05, 0.1) is 0 Å². The van der Waals surface area contributed by atoms with E-state index >= 15 is 0 Å². The molecule has 2 heteroatoms. The number of hydrogen-bond donors (Lipinski definition) is 1. The van der Waals surface area contributed by atoms with Crippen LogP contribution in [-0.2, 0) is 12.8 Å². The van der Waals surface area contributed by atoms with Crippen LogP contribution in [0.1, 0.15) is 37.8 Å². The Kier molecular flexibility index (Phi) is 4.93. The van der Waals surface area contributed by atoms with Crippen LogP contribution in [0.2, 0.25) is 0 Å². The van der Waals surface area contributed by atoms with Gasteiger partial charge in [0.2, 0.25) is 0 Å². The zero-order valence-electron chi connectivity index (χ0n) is 11.0. The van der Waals surface area contributed by atoms with E-state index in [0.29, 0.717) is 6.04 Å². The summed E-state index contributed by atoms with van der Waals surface area (Å²) in [4.78, 5) is 1.52. The molecule has 0 saturated heterocycles. The fraction of sp³-hybridized carbons (Fsp3) is 0.600. The van der Waals surface area contributed by atoms with Gasteiger partial charge in [0.15, 0.2) is 0 Å². The van der Waals surface area contributed by atoms with Gasteiger partial charge in [-0.2, -0.15) is 0 Å². The van der Waals surface area contributed by atoms with Crippen molar-refractivity contribution in [2.75, 3.05) is 12.3 Å². The van der Waals surface area contributed by atoms with Gasteiger partial charge in [-0.15, -0.1) is 11.8 Å². The minimum absolute atomic E-state index is 0.691. The van der Waals surface area contributed by atoms with Gasteiger partial charge < -0.3 is 5.32 Å². The monoisotopic (exact) mass is 249 g/mol. The van der Waals surface area contributed by atoms with Gasteiger partial charge >= 0.3 is 0 Å². The molecule has 1 atom stereocenters. The maximum Gasteiger partial charge on any atom is 0.0111 e. The summed E-state index contributed by atoms with van der Waals surface area (Å²) in [5.41, 5.74) is 3.20. The molecule has 0 bridgehead atoms. The first-order chi connectivity index (χ1) is 8.35. The molecule has 1 aliphatic rings. The Labute approximate surface area is 109 Å². The van der Waals surface area contributed by atoms with E-state index in [2.05, 4.69) is 37.4 Å². The van der Waals surface area contributed by atoms with Crippen LogP contribution in [0.25, 0.3) is 0 Å². The highest BCUT2D eigenvalue weighted by Crippen LogP contribution is 2.31. The van der Waals surface area contributed by atoms with Crippen LogP contribution in [0.5, 0.6) is 0 Å². The van der Waals surface area contributed by atoms with Gasteiger partial charge in [0.25, 0.3) is 0 Å². The Bertz CT molecular complexity index is 362. The van der Waals surface area contributed by atoms with Gasteiger partial charge in [-0.1, -0.05) is 26.0 Å². The lowest BCUT2D eigenvalue weighted by Gasteiger charge is -2.27. The quantitative estimate of drug-likeness (QED) is 0.799. The Morgan fingerprint density at radius 2 is 2.24 bits per heavy atom. The largest absolute Gasteiger partial charge is 0.314 e. The first-order valence-corrected chi connectivity index (χ1v) is 7.80. The third-order valence-electron chi connectivity index (χ3n) is 3.40. The van der Waals surface area contributed by atoms with Gasteiger partial charge in [-0.3, -0.25) is 0 Å². The normalized spacial score (nSPS) is 19.1. The summed E-state index contributed by atoms with van der Waals surface area (Å²) in [6.07, 6.45) is 5.01. The summed E-state index contributed by atoms with van der Waals surface area (Å²) in [7, 11) is 0. The summed E-state index contributed by atoms with van der Waals surface area (Å²) in [6.45, 7) is 5.54. The van der Waals surface area contributed by atoms with Crippen molar-refractivity contribution in [2.45, 2.75) is 50.5 Å². The third kappa shape index (κ3) is 3.26. The van der Waals surface area contributed by atoms with Crippen molar-refractivity contribution in [2.24, 2.45) is 0 Å². The maximum atomic E-state index is 3.60. The Morgan fingerprint density at radius 3 is 3.00 bits per heavy atom. The van der Waals surface area contributed by atoms with Crippen molar-refractivity contribution < 1.29 is 0 Å². The van der Waals surface area contributed by atoms with E-state index < -0.39 is 0 Å². The zero-order chi connectivity index (χ0) is 12.1. The molecule has 1 aliphatic carbocycles. The lowest BCUT2D eigenvalue weighted by atomic mass is 9.88. The lowest BCUT2D eigenvalue weighted by molar-refractivity contribution is 0.467. The van der Waals surface area contributed by atoms with Crippen LogP contribution in [0, 0.1) is 0 Å². The minimum Gasteiger partial charge on any atom is -0.314 e. The molecular weight excluding hydrogens is 226 g/mol. The number of thioether (sulfide) groups is 1. The van der Waals surface area contributed by atoms with E-state index in [1.165, 1.54) is 36.3 Å². The molecule has 1 unspecified atom stereocenters. The van der Waals surface area contributed by atoms with E-state index in [4.69, 9.17) is 0 Å². The van der Waals surface area contributed by atoms with E-state index in [0.717, 1.165) is 6.54 Å². The minimum atomic E-state index is 0.691. The second kappa shape index (κ2) is 6.46. The molecule has 1 aromatic rings. The Hall–Kier alpha value is -0.470. The Balaban J connectivity index is 2.14. The van der Waals surface area contributed by atoms with Gasteiger partial charge in [-0.25, -0.2) is 0 Å². The Morgan fingerprint density at radius 1 is 1.35 bits per heavy atom. The number of rotatable bonds is 5. The molecule has 1 aromatic carbocycles. The summed E-state index contributed by atoms with van der Waals surface area (Å²) in [6, 6.07) is 7.53. The molecule has 17 heavy (non-hydrogen) atoms. The number of likely N-dealkylation sites (N-methyl/N-ethyl adjacent to an activating group) is 1. The molecule has 1 nitrogen and oxygen atoms in total. The lowest BCUT2D eigenvalue weighted by Crippen LogP contribution is -2.34. The predicted molar refractivity (Wildman–Crippen MR) is 76.9 cm³/mol. The second-order valence-electron chi connectivity index (χ2n) is 4.74. The number of nitrogens with one attached hydrogen (secondary N) is 1. The first-order valence-electron chi connectivity index (χ1n) is 6.82. The molecule has 2 rings (SSSR count). The average Bonchev–Trinajstić information content (AvgIpc) is 2.36. The molecule has 0 aromatic heterocycles. The number of hydrogen-bond acceptors (Lipinski definition) is 2. The highest BCUT2D eigenvalue weighted by Gasteiger charge is 2.19. The van der Waals surface area contributed by atoms with E-state index in [1.54, 1.807) is 11.1 Å². The smallest absolute Gasteiger partial charge is 0.0111 e. The SMILES string of the molecule is CCCSc1cccc2c1CC(NCC)CC2. The summed E-state index contributed by atoms with van der Waals surface area (Å²) in [5.74, 6) is 1.24. The molecule has 0 heterocycles. The maximum absolute atomic E-state index is 3.60. The predicted octanol–water partition coefficient (Wildman–Crippen LogP) is 3.66. The van der Waals surface area contributed by atoms with Crippen molar-refractivity contribution in [3.05, 3.63) is 29.3 Å². The van der Waals surface area contributed by atoms with E-state index in [-0.39, 0.29) is 0 Å². The highest BCUT2D eigenvalue weighted by molar-refractivity contribution is 7.99. The van der Waals surface area contributed by atoms with Gasteiger partial charge in [-0.05, 0) is 55.2 Å². The van der Waals surface area contributed by atoms with Crippen molar-refractivity contribution in [1.82, 2.24) is 5.32 Å². The third-order valence-corrected chi connectivity index (χ3v) is 4.70. The van der Waals surface area contributed by atoms with Crippen LogP contribution in [0.15, 0.2) is 23.1 Å². The molecule has 94 valence electrons. The van der Waals surface area contributed by atoms with E-state index in [1.807, 2.05) is 11.8 Å². The molecule has 0 radical (unpaired) electrons. The van der Waals surface area contributed by atoms with Crippen LogP contribution in [-0.4, -0.2) is 18.3 Å². The number of fused-ring (bicyclic) bond motifs is 1. The van der Waals surface area contributed by atoms with Crippen molar-refractivity contribution in [3.8, 4) is 0 Å². The fourth-order valence-corrected chi connectivity index (χ4v) is 3.55. The number of benzene rings is 1. The van der Waals surface area contributed by atoms with E-state index in [9.17, 15) is 0 Å². The van der Waals surface area contributed by atoms with Crippen LogP contribution in [0.3, 0.4) is 0 Å². The van der Waals surface area contributed by atoms with Crippen LogP contribution in [0.4, 0.5) is 0 Å². The summed E-state index contributed by atoms with van der Waals surface area (Å²) < 4.78 is 0. The average molecular weight is 249 g/mol. The molecule has 1 N–H and O–H groups in total. The molecule has 0 aliphatic heterocycles. The van der Waals surface area contributed by atoms with Crippen LogP contribution >= 0.6 is 11.8 Å². The molecular formula is C15H23NS. The number of aryl methyl sites for hydroxylation is 1. The van der Waals surface area contributed by atoms with Crippen molar-refractivity contribution in [3.63, 3.8) is 0 Å². The van der Waals surface area contributed by atoms with Crippen molar-refractivity contribution >= 4 is 11.8 Å². The highest BCUT2D eigenvalue weighted by atomic mass is 32.2. The molecule has 0 amide bonds. The molecule has 0 spiro atoms. The topological polar surface area (TPSA) is 12.0 Å². The van der Waals surface area contributed by atoms with Gasteiger partial charge in [0.1, 0.15) is 0 Å². The van der Waals surface area contributed by atoms with Crippen LogP contribution < -0.4 is 5.32 Å². The zero-order valence-corrected chi connectivity index (χ0v) is 11.8. The van der Waals surface area contributed by atoms with Gasteiger partial charge in [0, 0.05) is 10.9 Å². The summed E-state index contributed by atoms with van der Waals surface area (Å²) in [5, 5.41) is 3.60. The first kappa shape index (κ1) is 13.0. The standard InChI is InChI=1S/C15H23NS/c1-3-10-17-15-7-5-6-12-8-9-13(16-4-2)11-14(12)15/h5-7,13,16H,3-4,8-11H2,1-2H3. The summed E-state index contributed by atoms with van der Waals surface area (Å²) >= 11 is 2.03. The fourth-order valence-electron chi connectivity index (χ4n) is 2.57. The molecule has 0 saturated carbocycles. The van der Waals surface area contributed by atoms with Crippen molar-refractivity contribution in [1.29, 1.82) is 0 Å².